The molecule has 0 aliphatic carbocycles. The third-order valence-electron chi connectivity index (χ3n) is 3.79. The van der Waals surface area contributed by atoms with E-state index in [1.165, 1.54) is 31.2 Å². The Bertz CT molecular complexity index is 392. The molecule has 1 aliphatic heterocycles. The molecule has 0 aromatic heterocycles. The maximum Gasteiger partial charge on any atom is 0.222 e. The molecule has 0 spiro atoms. The molecule has 3 nitrogen and oxygen atoms in total. The Morgan fingerprint density at radius 2 is 1.68 bits per heavy atom. The van der Waals surface area contributed by atoms with Crippen LogP contribution in [0.15, 0.2) is 24.3 Å². The molecule has 1 fully saturated rings. The Balaban J connectivity index is 1.72. The molecule has 0 atom stereocenters. The number of nitrogens with zero attached hydrogens (tertiary/aromatic N) is 1. The summed E-state index contributed by atoms with van der Waals surface area (Å²) in [4.78, 5) is 14.2. The molecule has 2 N–H and O–H groups in total. The molecule has 19 heavy (non-hydrogen) atoms. The zero-order valence-electron chi connectivity index (χ0n) is 11.6. The van der Waals surface area contributed by atoms with Crippen molar-refractivity contribution in [3.05, 3.63) is 29.8 Å². The molecular formula is C16H24N2O. The normalized spacial score (nSPS) is 16.1. The minimum Gasteiger partial charge on any atom is -0.399 e. The number of aryl methyl sites for hydroxylation is 1. The number of amides is 1. The molecule has 2 rings (SSSR count). The Kier molecular flexibility index (Phi) is 5.25. The van der Waals surface area contributed by atoms with Crippen LogP contribution in [-0.4, -0.2) is 23.9 Å². The van der Waals surface area contributed by atoms with Crippen LogP contribution in [0.5, 0.6) is 0 Å². The first-order valence-corrected chi connectivity index (χ1v) is 7.38. The Hall–Kier alpha value is -1.51. The molecule has 3 heteroatoms. The number of carbonyl (C=O) groups is 1. The molecule has 1 saturated heterocycles. The lowest BCUT2D eigenvalue weighted by molar-refractivity contribution is -0.131. The molecule has 0 saturated carbocycles. The minimum absolute atomic E-state index is 0.331. The third kappa shape index (κ3) is 4.58. The highest BCUT2D eigenvalue weighted by Gasteiger charge is 2.14. The summed E-state index contributed by atoms with van der Waals surface area (Å²) in [5, 5.41) is 0. The minimum atomic E-state index is 0.331. The quantitative estimate of drug-likeness (QED) is 0.846. The molecule has 0 bridgehead atoms. The first-order valence-electron chi connectivity index (χ1n) is 7.38. The van der Waals surface area contributed by atoms with Crippen molar-refractivity contribution in [1.29, 1.82) is 0 Å². The summed E-state index contributed by atoms with van der Waals surface area (Å²) < 4.78 is 0. The van der Waals surface area contributed by atoms with Crippen LogP contribution in [-0.2, 0) is 11.2 Å². The Morgan fingerprint density at radius 1 is 1.05 bits per heavy atom. The van der Waals surface area contributed by atoms with Crippen LogP contribution >= 0.6 is 0 Å². The number of anilines is 1. The van der Waals surface area contributed by atoms with Gasteiger partial charge in [0.15, 0.2) is 0 Å². The van der Waals surface area contributed by atoms with Gasteiger partial charge in [0.05, 0.1) is 0 Å². The van der Waals surface area contributed by atoms with Gasteiger partial charge in [-0.15, -0.1) is 0 Å². The van der Waals surface area contributed by atoms with Gasteiger partial charge in [0, 0.05) is 25.2 Å². The van der Waals surface area contributed by atoms with Gasteiger partial charge in [-0.25, -0.2) is 0 Å². The molecular weight excluding hydrogens is 236 g/mol. The van der Waals surface area contributed by atoms with E-state index in [4.69, 9.17) is 5.73 Å². The lowest BCUT2D eigenvalue weighted by Crippen LogP contribution is -2.31. The number of hydrogen-bond donors (Lipinski definition) is 1. The van der Waals surface area contributed by atoms with Crippen molar-refractivity contribution in [1.82, 2.24) is 4.90 Å². The number of nitrogens with two attached hydrogens (primary N) is 1. The van der Waals surface area contributed by atoms with E-state index in [-0.39, 0.29) is 0 Å². The highest BCUT2D eigenvalue weighted by Crippen LogP contribution is 2.13. The molecule has 1 aromatic carbocycles. The number of hydrogen-bond acceptors (Lipinski definition) is 2. The fraction of sp³-hybridized carbons (Fsp3) is 0.562. The van der Waals surface area contributed by atoms with Gasteiger partial charge in [-0.05, 0) is 43.4 Å². The zero-order chi connectivity index (χ0) is 13.5. The monoisotopic (exact) mass is 260 g/mol. The summed E-state index contributed by atoms with van der Waals surface area (Å²) >= 11 is 0. The van der Waals surface area contributed by atoms with Gasteiger partial charge < -0.3 is 10.6 Å². The van der Waals surface area contributed by atoms with E-state index < -0.39 is 0 Å². The number of carbonyl (C=O) groups excluding carboxylic acids is 1. The molecule has 1 heterocycles. The van der Waals surface area contributed by atoms with E-state index in [0.29, 0.717) is 12.3 Å². The fourth-order valence-corrected chi connectivity index (χ4v) is 2.61. The van der Waals surface area contributed by atoms with Crippen LogP contribution in [0, 0.1) is 0 Å². The summed E-state index contributed by atoms with van der Waals surface area (Å²) in [5.41, 5.74) is 7.71. The van der Waals surface area contributed by atoms with Crippen molar-refractivity contribution >= 4 is 11.6 Å². The topological polar surface area (TPSA) is 46.3 Å². The van der Waals surface area contributed by atoms with Crippen LogP contribution < -0.4 is 5.73 Å². The second kappa shape index (κ2) is 7.17. The predicted molar refractivity (Wildman–Crippen MR) is 78.8 cm³/mol. The maximum atomic E-state index is 12.1. The first kappa shape index (κ1) is 13.9. The summed E-state index contributed by atoms with van der Waals surface area (Å²) in [6.07, 6.45) is 7.45. The highest BCUT2D eigenvalue weighted by atomic mass is 16.2. The van der Waals surface area contributed by atoms with E-state index in [0.717, 1.165) is 31.6 Å². The van der Waals surface area contributed by atoms with Gasteiger partial charge in [0.25, 0.3) is 0 Å². The van der Waals surface area contributed by atoms with Gasteiger partial charge in [0.2, 0.25) is 5.91 Å². The van der Waals surface area contributed by atoms with Crippen LogP contribution in [0.1, 0.15) is 44.1 Å². The lowest BCUT2D eigenvalue weighted by Gasteiger charge is -2.20. The average Bonchev–Trinajstić information content (AvgIpc) is 2.70. The smallest absolute Gasteiger partial charge is 0.222 e. The van der Waals surface area contributed by atoms with Gasteiger partial charge in [-0.2, -0.15) is 0 Å². The van der Waals surface area contributed by atoms with E-state index in [1.807, 2.05) is 24.3 Å². The molecule has 0 unspecified atom stereocenters. The summed E-state index contributed by atoms with van der Waals surface area (Å²) in [6, 6.07) is 7.94. The van der Waals surface area contributed by atoms with Crippen molar-refractivity contribution in [3.8, 4) is 0 Å². The van der Waals surface area contributed by atoms with Crippen LogP contribution in [0.4, 0.5) is 5.69 Å². The van der Waals surface area contributed by atoms with Gasteiger partial charge in [-0.3, -0.25) is 4.79 Å². The number of likely N-dealkylation sites (tertiary alicyclic amines) is 1. The molecule has 0 radical (unpaired) electrons. The number of nitrogen functional groups attached to an aromatic ring is 1. The summed E-state index contributed by atoms with van der Waals surface area (Å²) in [5.74, 6) is 0.331. The van der Waals surface area contributed by atoms with Crippen molar-refractivity contribution < 1.29 is 4.79 Å². The van der Waals surface area contributed by atoms with Gasteiger partial charge >= 0.3 is 0 Å². The Morgan fingerprint density at radius 3 is 2.32 bits per heavy atom. The summed E-state index contributed by atoms with van der Waals surface area (Å²) in [6.45, 7) is 1.92. The standard InChI is InChI=1S/C16H24N2O/c17-15-10-8-14(9-11-15)6-5-7-16(19)18-12-3-1-2-4-13-18/h8-11H,1-7,12-13,17H2. The SMILES string of the molecule is Nc1ccc(CCCC(=O)N2CCCCCC2)cc1. The predicted octanol–water partition coefficient (Wildman–Crippen LogP) is 2.99. The first-order chi connectivity index (χ1) is 9.25. The number of benzene rings is 1. The van der Waals surface area contributed by atoms with Crippen LogP contribution in [0.25, 0.3) is 0 Å². The molecule has 104 valence electrons. The second-order valence-electron chi connectivity index (χ2n) is 5.39. The largest absolute Gasteiger partial charge is 0.399 e. The number of rotatable bonds is 4. The molecule has 1 aromatic rings. The van der Waals surface area contributed by atoms with Crippen molar-refractivity contribution in [2.75, 3.05) is 18.8 Å². The van der Waals surface area contributed by atoms with Gasteiger partial charge in [0.1, 0.15) is 0 Å². The van der Waals surface area contributed by atoms with E-state index in [1.54, 1.807) is 0 Å². The molecule has 1 amide bonds. The van der Waals surface area contributed by atoms with E-state index in [9.17, 15) is 4.79 Å². The fourth-order valence-electron chi connectivity index (χ4n) is 2.61. The molecule has 1 aliphatic rings. The van der Waals surface area contributed by atoms with Crippen molar-refractivity contribution in [2.24, 2.45) is 0 Å². The van der Waals surface area contributed by atoms with Crippen LogP contribution in [0.2, 0.25) is 0 Å². The average molecular weight is 260 g/mol. The van der Waals surface area contributed by atoms with Crippen molar-refractivity contribution in [3.63, 3.8) is 0 Å². The summed E-state index contributed by atoms with van der Waals surface area (Å²) in [7, 11) is 0. The second-order valence-corrected chi connectivity index (χ2v) is 5.39. The van der Waals surface area contributed by atoms with Crippen LogP contribution in [0.3, 0.4) is 0 Å². The van der Waals surface area contributed by atoms with Crippen molar-refractivity contribution in [2.45, 2.75) is 44.9 Å². The van der Waals surface area contributed by atoms with E-state index in [2.05, 4.69) is 4.90 Å². The Labute approximate surface area is 115 Å². The highest BCUT2D eigenvalue weighted by molar-refractivity contribution is 5.76. The van der Waals surface area contributed by atoms with Gasteiger partial charge in [-0.1, -0.05) is 25.0 Å². The third-order valence-corrected chi connectivity index (χ3v) is 3.79. The zero-order valence-corrected chi connectivity index (χ0v) is 11.6. The maximum absolute atomic E-state index is 12.1. The van der Waals surface area contributed by atoms with E-state index >= 15 is 0 Å². The lowest BCUT2D eigenvalue weighted by atomic mass is 10.1.